The molecule has 9 heteroatoms. The number of rotatable bonds is 8. The monoisotopic (exact) mass is 430 g/mol. The van der Waals surface area contributed by atoms with Crippen molar-refractivity contribution in [3.05, 3.63) is 78.6 Å². The van der Waals surface area contributed by atoms with Gasteiger partial charge in [0.05, 0.1) is 18.3 Å². The number of nitrogens with one attached hydrogen (secondary N) is 1. The molecule has 1 N–H and O–H groups in total. The Hall–Kier alpha value is -3.20. The number of hydrogen-bond acceptors (Lipinski definition) is 4. The molecule has 30 heavy (non-hydrogen) atoms. The highest BCUT2D eigenvalue weighted by Gasteiger charge is 2.31. The molecular weight excluding hydrogens is 407 g/mol. The minimum Gasteiger partial charge on any atom is -0.350 e. The Bertz CT molecular complexity index is 1080. The fourth-order valence-corrected chi connectivity index (χ4v) is 4.36. The molecule has 0 aliphatic carbocycles. The molecule has 1 heterocycles. The maximum absolute atomic E-state index is 13.3. The second kappa shape index (κ2) is 9.08. The van der Waals surface area contributed by atoms with Gasteiger partial charge in [0.15, 0.2) is 0 Å². The number of hydrogen-bond donors (Lipinski definition) is 1. The molecule has 0 bridgehead atoms. The molecular formula is C21H23FN4O3S. The number of nitrogens with zero attached hydrogens (tertiary/aromatic N) is 3. The van der Waals surface area contributed by atoms with E-state index in [1.54, 1.807) is 19.4 Å². The summed E-state index contributed by atoms with van der Waals surface area (Å²) in [6.45, 7) is 1.98. The number of sulfonamides is 1. The summed E-state index contributed by atoms with van der Waals surface area (Å²) in [5.41, 5.74) is 2.05. The summed E-state index contributed by atoms with van der Waals surface area (Å²) < 4.78 is 40.9. The van der Waals surface area contributed by atoms with Gasteiger partial charge in [0, 0.05) is 24.6 Å². The lowest BCUT2D eigenvalue weighted by atomic mass is 10.1. The zero-order chi connectivity index (χ0) is 21.7. The predicted octanol–water partition coefficient (Wildman–Crippen LogP) is 2.87. The van der Waals surface area contributed by atoms with E-state index in [-0.39, 0.29) is 18.7 Å². The molecule has 0 saturated carbocycles. The first-order valence-corrected chi connectivity index (χ1v) is 11.2. The van der Waals surface area contributed by atoms with Crippen molar-refractivity contribution in [1.82, 2.24) is 14.9 Å². The van der Waals surface area contributed by atoms with Crippen molar-refractivity contribution >= 4 is 21.6 Å². The Morgan fingerprint density at radius 3 is 2.37 bits per heavy atom. The molecule has 3 rings (SSSR count). The van der Waals surface area contributed by atoms with Crippen LogP contribution in [0.2, 0.25) is 0 Å². The molecule has 0 saturated heterocycles. The van der Waals surface area contributed by atoms with E-state index in [0.717, 1.165) is 21.8 Å². The average molecular weight is 431 g/mol. The van der Waals surface area contributed by atoms with Crippen LogP contribution >= 0.6 is 0 Å². The predicted molar refractivity (Wildman–Crippen MR) is 113 cm³/mol. The van der Waals surface area contributed by atoms with Crippen molar-refractivity contribution in [3.8, 4) is 5.69 Å². The molecule has 0 spiro atoms. The molecule has 3 aromatic rings. The summed E-state index contributed by atoms with van der Waals surface area (Å²) in [4.78, 5) is 16.8. The van der Waals surface area contributed by atoms with Crippen LogP contribution in [0.5, 0.6) is 0 Å². The number of carbonyl (C=O) groups excluding carboxylic acids is 1. The van der Waals surface area contributed by atoms with Crippen LogP contribution in [0.15, 0.2) is 67.3 Å². The molecule has 0 radical (unpaired) electrons. The first kappa shape index (κ1) is 21.5. The largest absolute Gasteiger partial charge is 0.350 e. The maximum Gasteiger partial charge on any atom is 0.244 e. The van der Waals surface area contributed by atoms with Gasteiger partial charge in [-0.15, -0.1) is 0 Å². The summed E-state index contributed by atoms with van der Waals surface area (Å²) in [6, 6.07) is 11.7. The first-order chi connectivity index (χ1) is 14.3. The zero-order valence-corrected chi connectivity index (χ0v) is 17.5. The lowest BCUT2D eigenvalue weighted by Crippen LogP contribution is -2.49. The number of anilines is 1. The van der Waals surface area contributed by atoms with Gasteiger partial charge in [0.2, 0.25) is 15.9 Å². The molecule has 0 fully saturated rings. The van der Waals surface area contributed by atoms with E-state index in [9.17, 15) is 17.6 Å². The first-order valence-electron chi connectivity index (χ1n) is 9.39. The molecule has 1 amide bonds. The highest BCUT2D eigenvalue weighted by atomic mass is 32.2. The van der Waals surface area contributed by atoms with Crippen molar-refractivity contribution in [2.24, 2.45) is 0 Å². The number of imidazole rings is 1. The number of benzene rings is 2. The lowest BCUT2D eigenvalue weighted by molar-refractivity contribution is -0.122. The topological polar surface area (TPSA) is 84.3 Å². The molecule has 7 nitrogen and oxygen atoms in total. The van der Waals surface area contributed by atoms with Crippen molar-refractivity contribution < 1.29 is 17.6 Å². The van der Waals surface area contributed by atoms with E-state index in [0.29, 0.717) is 0 Å². The fraction of sp³-hybridized carbons (Fsp3) is 0.238. The van der Waals surface area contributed by atoms with Gasteiger partial charge >= 0.3 is 0 Å². The van der Waals surface area contributed by atoms with Crippen molar-refractivity contribution in [3.63, 3.8) is 0 Å². The van der Waals surface area contributed by atoms with Crippen LogP contribution in [0.25, 0.3) is 5.69 Å². The molecule has 1 aromatic heterocycles. The van der Waals surface area contributed by atoms with E-state index in [1.807, 2.05) is 35.0 Å². The van der Waals surface area contributed by atoms with Crippen molar-refractivity contribution in [2.75, 3.05) is 10.6 Å². The van der Waals surface area contributed by atoms with E-state index in [1.165, 1.54) is 24.3 Å². The second-order valence-corrected chi connectivity index (χ2v) is 8.67. The second-order valence-electron chi connectivity index (χ2n) is 6.81. The van der Waals surface area contributed by atoms with Gasteiger partial charge in [0.1, 0.15) is 11.9 Å². The molecule has 1 atom stereocenters. The third kappa shape index (κ3) is 5.04. The van der Waals surface area contributed by atoms with Crippen LogP contribution in [0.4, 0.5) is 10.1 Å². The Labute approximate surface area is 175 Å². The third-order valence-corrected chi connectivity index (χ3v) is 5.80. The van der Waals surface area contributed by atoms with E-state index < -0.39 is 27.8 Å². The molecule has 158 valence electrons. The number of carbonyl (C=O) groups is 1. The summed E-state index contributed by atoms with van der Waals surface area (Å²) in [5.74, 6) is -0.908. The Morgan fingerprint density at radius 1 is 1.17 bits per heavy atom. The minimum atomic E-state index is -3.76. The smallest absolute Gasteiger partial charge is 0.244 e. The molecule has 0 aliphatic rings. The van der Waals surface area contributed by atoms with Crippen molar-refractivity contribution in [1.29, 1.82) is 0 Å². The normalized spacial score (nSPS) is 12.4. The Kier molecular flexibility index (Phi) is 6.51. The molecule has 0 unspecified atom stereocenters. The number of halogens is 1. The number of aromatic nitrogens is 2. The number of amides is 1. The fourth-order valence-electron chi connectivity index (χ4n) is 3.15. The van der Waals surface area contributed by atoms with Gasteiger partial charge in [-0.2, -0.15) is 0 Å². The maximum atomic E-state index is 13.3. The van der Waals surface area contributed by atoms with Crippen molar-refractivity contribution in [2.45, 2.75) is 25.9 Å². The summed E-state index contributed by atoms with van der Waals surface area (Å²) in [6.07, 6.45) is 6.50. The average Bonchev–Trinajstić information content (AvgIpc) is 3.25. The highest BCUT2D eigenvalue weighted by Crippen LogP contribution is 2.23. The Balaban J connectivity index is 1.73. The minimum absolute atomic E-state index is 0.241. The van der Waals surface area contributed by atoms with Gasteiger partial charge in [-0.25, -0.2) is 17.8 Å². The van der Waals surface area contributed by atoms with E-state index >= 15 is 0 Å². The summed E-state index contributed by atoms with van der Waals surface area (Å²) >= 11 is 0. The van der Waals surface area contributed by atoms with Crippen LogP contribution in [0, 0.1) is 5.82 Å². The lowest BCUT2D eigenvalue weighted by Gasteiger charge is -2.30. The highest BCUT2D eigenvalue weighted by molar-refractivity contribution is 7.92. The van der Waals surface area contributed by atoms with Crippen LogP contribution < -0.4 is 9.62 Å². The van der Waals surface area contributed by atoms with Gasteiger partial charge in [-0.05, 0) is 48.4 Å². The zero-order valence-electron chi connectivity index (χ0n) is 16.7. The van der Waals surface area contributed by atoms with Gasteiger partial charge in [0.25, 0.3) is 0 Å². The van der Waals surface area contributed by atoms with Crippen LogP contribution in [-0.4, -0.2) is 36.2 Å². The standard InChI is InChI=1S/C21H23FN4O3S/c1-3-20(26(30(2,28)29)19-10-6-17(22)7-11-19)21(27)24-14-16-4-8-18(9-5-16)25-13-12-23-15-25/h4-13,15,20H,3,14H2,1-2H3,(H,24,27)/t20-/m1/s1. The summed E-state index contributed by atoms with van der Waals surface area (Å²) in [7, 11) is -3.76. The molecule has 2 aromatic carbocycles. The van der Waals surface area contributed by atoms with Gasteiger partial charge < -0.3 is 9.88 Å². The Morgan fingerprint density at radius 2 is 1.83 bits per heavy atom. The van der Waals surface area contributed by atoms with E-state index in [4.69, 9.17) is 0 Å². The SMILES string of the molecule is CC[C@H](C(=O)NCc1ccc(-n2ccnc2)cc1)N(c1ccc(F)cc1)S(C)(=O)=O. The molecule has 0 aliphatic heterocycles. The quantitative estimate of drug-likeness (QED) is 0.596. The van der Waals surface area contributed by atoms with E-state index in [2.05, 4.69) is 10.3 Å². The van der Waals surface area contributed by atoms with Crippen LogP contribution in [0.3, 0.4) is 0 Å². The summed E-state index contributed by atoms with van der Waals surface area (Å²) in [5, 5.41) is 2.80. The van der Waals surface area contributed by atoms with Gasteiger partial charge in [-0.3, -0.25) is 9.10 Å². The van der Waals surface area contributed by atoms with Crippen LogP contribution in [0.1, 0.15) is 18.9 Å². The third-order valence-electron chi connectivity index (χ3n) is 4.62. The van der Waals surface area contributed by atoms with Crippen LogP contribution in [-0.2, 0) is 21.4 Å². The van der Waals surface area contributed by atoms with Gasteiger partial charge in [-0.1, -0.05) is 19.1 Å².